The molecule has 0 aliphatic carbocycles. The smallest absolute Gasteiger partial charge is 0.243 e. The van der Waals surface area contributed by atoms with E-state index in [1.807, 2.05) is 0 Å². The van der Waals surface area contributed by atoms with E-state index in [9.17, 15) is 0 Å². The summed E-state index contributed by atoms with van der Waals surface area (Å²) in [6, 6.07) is 0.340. The fourth-order valence-electron chi connectivity index (χ4n) is 2.53. The number of anilines is 3. The van der Waals surface area contributed by atoms with Gasteiger partial charge in [0.15, 0.2) is 0 Å². The van der Waals surface area contributed by atoms with Gasteiger partial charge in [-0.15, -0.1) is 0 Å². The summed E-state index contributed by atoms with van der Waals surface area (Å²) in [5, 5.41) is 3.35. The molecule has 0 radical (unpaired) electrons. The van der Waals surface area contributed by atoms with Gasteiger partial charge in [-0.25, -0.2) is 5.84 Å². The summed E-state index contributed by atoms with van der Waals surface area (Å²) in [5.41, 5.74) is 2.53. The number of nitrogens with two attached hydrogens (primary N) is 1. The molecule has 21 heavy (non-hydrogen) atoms. The number of nitrogen functional groups attached to an aromatic ring is 1. The van der Waals surface area contributed by atoms with Gasteiger partial charge >= 0.3 is 0 Å². The summed E-state index contributed by atoms with van der Waals surface area (Å²) in [6.07, 6.45) is 7.15. The third kappa shape index (κ3) is 4.70. The monoisotopic (exact) mass is 293 g/mol. The molecule has 0 saturated carbocycles. The highest BCUT2D eigenvalue weighted by Crippen LogP contribution is 2.18. The molecule has 1 saturated heterocycles. The molecule has 118 valence electrons. The van der Waals surface area contributed by atoms with Crippen LogP contribution in [0, 0.1) is 0 Å². The number of nitrogens with one attached hydrogen (secondary N) is 2. The quantitative estimate of drug-likeness (QED) is 0.524. The Hall–Kier alpha value is -1.63. The Kier molecular flexibility index (Phi) is 5.98. The van der Waals surface area contributed by atoms with Crippen LogP contribution >= 0.6 is 0 Å². The molecule has 1 aliphatic rings. The van der Waals surface area contributed by atoms with E-state index in [0.717, 1.165) is 19.5 Å². The lowest BCUT2D eigenvalue weighted by Gasteiger charge is -2.27. The molecule has 0 spiro atoms. The molecule has 4 N–H and O–H groups in total. The predicted molar refractivity (Wildman–Crippen MR) is 86.3 cm³/mol. The van der Waals surface area contributed by atoms with E-state index < -0.39 is 0 Å². The zero-order valence-corrected chi connectivity index (χ0v) is 13.1. The Morgan fingerprint density at radius 1 is 1.14 bits per heavy atom. The zero-order chi connectivity index (χ0) is 15.1. The number of hydrazine groups is 1. The van der Waals surface area contributed by atoms with Crippen LogP contribution in [0.15, 0.2) is 0 Å². The minimum absolute atomic E-state index is 0.340. The van der Waals surface area contributed by atoms with Crippen LogP contribution in [-0.2, 0) is 0 Å². The van der Waals surface area contributed by atoms with Gasteiger partial charge in [0, 0.05) is 19.1 Å². The summed E-state index contributed by atoms with van der Waals surface area (Å²) in [5.74, 6) is 7.20. The minimum Gasteiger partial charge on any atom is -0.352 e. The summed E-state index contributed by atoms with van der Waals surface area (Å²) in [4.78, 5) is 15.4. The first-order chi connectivity index (χ1) is 10.2. The number of rotatable bonds is 7. The van der Waals surface area contributed by atoms with Gasteiger partial charge < -0.3 is 10.2 Å². The van der Waals surface area contributed by atoms with E-state index in [-0.39, 0.29) is 0 Å². The molecule has 1 unspecified atom stereocenters. The van der Waals surface area contributed by atoms with E-state index in [1.54, 1.807) is 0 Å². The highest BCUT2D eigenvalue weighted by molar-refractivity contribution is 5.43. The SMILES string of the molecule is CCCCC(C)Nc1nc(NN)nc(N2CCCCC2)n1. The molecule has 1 atom stereocenters. The second kappa shape index (κ2) is 7.97. The van der Waals surface area contributed by atoms with E-state index in [2.05, 4.69) is 44.4 Å². The van der Waals surface area contributed by atoms with Crippen molar-refractivity contribution < 1.29 is 0 Å². The molecule has 1 aromatic rings. The van der Waals surface area contributed by atoms with E-state index in [4.69, 9.17) is 5.84 Å². The van der Waals surface area contributed by atoms with Crippen LogP contribution in [0.5, 0.6) is 0 Å². The normalized spacial score (nSPS) is 16.6. The van der Waals surface area contributed by atoms with Crippen molar-refractivity contribution in [3.8, 4) is 0 Å². The van der Waals surface area contributed by atoms with E-state index in [1.165, 1.54) is 32.1 Å². The van der Waals surface area contributed by atoms with Gasteiger partial charge in [0.1, 0.15) is 0 Å². The third-order valence-corrected chi connectivity index (χ3v) is 3.76. The van der Waals surface area contributed by atoms with Crippen molar-refractivity contribution >= 4 is 17.8 Å². The van der Waals surface area contributed by atoms with Crippen molar-refractivity contribution in [1.82, 2.24) is 15.0 Å². The summed E-state index contributed by atoms with van der Waals surface area (Å²) < 4.78 is 0. The molecule has 7 nitrogen and oxygen atoms in total. The fourth-order valence-corrected chi connectivity index (χ4v) is 2.53. The number of unbranched alkanes of at least 4 members (excludes halogenated alkanes) is 1. The van der Waals surface area contributed by atoms with Gasteiger partial charge in [-0.1, -0.05) is 19.8 Å². The maximum absolute atomic E-state index is 5.48. The lowest BCUT2D eigenvalue weighted by molar-refractivity contribution is 0.567. The minimum atomic E-state index is 0.340. The molecule has 0 amide bonds. The van der Waals surface area contributed by atoms with Crippen LogP contribution in [0.2, 0.25) is 0 Å². The molecule has 7 heteroatoms. The molecule has 2 heterocycles. The molecular weight excluding hydrogens is 266 g/mol. The van der Waals surface area contributed by atoms with E-state index in [0.29, 0.717) is 23.9 Å². The molecule has 1 aromatic heterocycles. The van der Waals surface area contributed by atoms with Gasteiger partial charge in [-0.3, -0.25) is 5.43 Å². The highest BCUT2D eigenvalue weighted by Gasteiger charge is 2.16. The predicted octanol–water partition coefficient (Wildman–Crippen LogP) is 2.14. The molecule has 0 bridgehead atoms. The van der Waals surface area contributed by atoms with Crippen molar-refractivity contribution in [2.75, 3.05) is 28.7 Å². The van der Waals surface area contributed by atoms with Crippen LogP contribution < -0.4 is 21.5 Å². The second-order valence-corrected chi connectivity index (χ2v) is 5.66. The van der Waals surface area contributed by atoms with Crippen molar-refractivity contribution in [3.63, 3.8) is 0 Å². The average Bonchev–Trinajstić information content (AvgIpc) is 2.53. The first-order valence-electron chi connectivity index (χ1n) is 7.97. The van der Waals surface area contributed by atoms with Gasteiger partial charge in [0.05, 0.1) is 0 Å². The first-order valence-corrected chi connectivity index (χ1v) is 7.97. The van der Waals surface area contributed by atoms with Crippen LogP contribution in [0.25, 0.3) is 0 Å². The maximum atomic E-state index is 5.48. The van der Waals surface area contributed by atoms with Crippen molar-refractivity contribution in [2.45, 2.75) is 58.4 Å². The molecule has 0 aromatic carbocycles. The van der Waals surface area contributed by atoms with E-state index >= 15 is 0 Å². The topological polar surface area (TPSA) is 92.0 Å². The van der Waals surface area contributed by atoms with Gasteiger partial charge in [-0.2, -0.15) is 15.0 Å². The molecular formula is C14H27N7. The van der Waals surface area contributed by atoms with Crippen LogP contribution in [-0.4, -0.2) is 34.1 Å². The van der Waals surface area contributed by atoms with Gasteiger partial charge in [-0.05, 0) is 32.6 Å². The zero-order valence-electron chi connectivity index (χ0n) is 13.1. The molecule has 1 aliphatic heterocycles. The third-order valence-electron chi connectivity index (χ3n) is 3.76. The molecule has 1 fully saturated rings. The number of aromatic nitrogens is 3. The van der Waals surface area contributed by atoms with Crippen LogP contribution in [0.4, 0.5) is 17.8 Å². The number of nitrogens with zero attached hydrogens (tertiary/aromatic N) is 4. The van der Waals surface area contributed by atoms with Crippen LogP contribution in [0.1, 0.15) is 52.4 Å². The largest absolute Gasteiger partial charge is 0.352 e. The van der Waals surface area contributed by atoms with Gasteiger partial charge in [0.2, 0.25) is 17.8 Å². The van der Waals surface area contributed by atoms with Crippen molar-refractivity contribution in [2.24, 2.45) is 5.84 Å². The van der Waals surface area contributed by atoms with Crippen molar-refractivity contribution in [3.05, 3.63) is 0 Å². The maximum Gasteiger partial charge on any atom is 0.243 e. The fraction of sp³-hybridized carbons (Fsp3) is 0.786. The summed E-state index contributed by atoms with van der Waals surface area (Å²) in [7, 11) is 0. The lowest BCUT2D eigenvalue weighted by Crippen LogP contribution is -2.32. The Morgan fingerprint density at radius 2 is 1.86 bits per heavy atom. The Labute approximate surface area is 126 Å². The Bertz CT molecular complexity index is 431. The standard InChI is InChI=1S/C14H27N7/c1-3-4-8-11(2)16-12-17-13(20-15)19-14(18-12)21-9-6-5-7-10-21/h11H,3-10,15H2,1-2H3,(H2,16,17,18,19,20). The lowest BCUT2D eigenvalue weighted by atomic mass is 10.1. The average molecular weight is 293 g/mol. The number of hydrogen-bond donors (Lipinski definition) is 3. The first kappa shape index (κ1) is 15.8. The van der Waals surface area contributed by atoms with Crippen molar-refractivity contribution in [1.29, 1.82) is 0 Å². The number of hydrogen-bond acceptors (Lipinski definition) is 7. The van der Waals surface area contributed by atoms with Crippen LogP contribution in [0.3, 0.4) is 0 Å². The van der Waals surface area contributed by atoms with Gasteiger partial charge in [0.25, 0.3) is 0 Å². The Balaban J connectivity index is 2.09. The summed E-state index contributed by atoms with van der Waals surface area (Å²) >= 11 is 0. The highest BCUT2D eigenvalue weighted by atomic mass is 15.4. The summed E-state index contributed by atoms with van der Waals surface area (Å²) in [6.45, 7) is 6.34. The second-order valence-electron chi connectivity index (χ2n) is 5.66. The Morgan fingerprint density at radius 3 is 2.52 bits per heavy atom. The number of piperidine rings is 1. The molecule has 2 rings (SSSR count).